The van der Waals surface area contributed by atoms with E-state index in [0.717, 1.165) is 6.07 Å². The average molecular weight is 264 g/mol. The Balaban J connectivity index is 2.22. The Morgan fingerprint density at radius 2 is 2.05 bits per heavy atom. The van der Waals surface area contributed by atoms with Crippen LogP contribution in [0.4, 0.5) is 8.78 Å². The normalized spacial score (nSPS) is 10.7. The van der Waals surface area contributed by atoms with Gasteiger partial charge in [-0.15, -0.1) is 0 Å². The zero-order chi connectivity index (χ0) is 14.0. The van der Waals surface area contributed by atoms with Crippen LogP contribution in [0.2, 0.25) is 0 Å². The summed E-state index contributed by atoms with van der Waals surface area (Å²) < 4.78 is 28.4. The minimum absolute atomic E-state index is 0.0575. The maximum atomic E-state index is 13.6. The van der Waals surface area contributed by atoms with Gasteiger partial charge in [-0.25, -0.2) is 8.78 Å². The summed E-state index contributed by atoms with van der Waals surface area (Å²) in [6.07, 6.45) is 3.38. The third-order valence-electron chi connectivity index (χ3n) is 2.92. The van der Waals surface area contributed by atoms with Crippen LogP contribution in [0.25, 0.3) is 0 Å². The highest BCUT2D eigenvalue weighted by Gasteiger charge is 2.15. The summed E-state index contributed by atoms with van der Waals surface area (Å²) in [5.74, 6) is -1.85. The number of nitrogens with zero attached hydrogens (tertiary/aromatic N) is 2. The number of carbonyl (C=O) groups excluding carboxylic acids is 1. The van der Waals surface area contributed by atoms with E-state index >= 15 is 0 Å². The summed E-state index contributed by atoms with van der Waals surface area (Å²) in [7, 11) is 0. The molecule has 0 N–H and O–H groups in total. The van der Waals surface area contributed by atoms with Crippen molar-refractivity contribution >= 4 is 5.78 Å². The van der Waals surface area contributed by atoms with Gasteiger partial charge < -0.3 is 0 Å². The van der Waals surface area contributed by atoms with E-state index in [1.165, 1.54) is 13.0 Å². The first kappa shape index (κ1) is 13.4. The van der Waals surface area contributed by atoms with Gasteiger partial charge >= 0.3 is 0 Å². The summed E-state index contributed by atoms with van der Waals surface area (Å²) in [5, 5.41) is 4.05. The molecule has 0 fully saturated rings. The second kappa shape index (κ2) is 5.30. The van der Waals surface area contributed by atoms with Crippen molar-refractivity contribution in [1.29, 1.82) is 0 Å². The lowest BCUT2D eigenvalue weighted by Crippen LogP contribution is -2.07. The molecule has 19 heavy (non-hydrogen) atoms. The van der Waals surface area contributed by atoms with Gasteiger partial charge in [0.15, 0.2) is 5.78 Å². The monoisotopic (exact) mass is 264 g/mol. The van der Waals surface area contributed by atoms with Crippen LogP contribution in [0.15, 0.2) is 24.5 Å². The van der Waals surface area contributed by atoms with Crippen molar-refractivity contribution in [3.8, 4) is 0 Å². The quantitative estimate of drug-likeness (QED) is 0.796. The van der Waals surface area contributed by atoms with E-state index in [-0.39, 0.29) is 23.3 Å². The second-order valence-electron chi connectivity index (χ2n) is 4.39. The Morgan fingerprint density at radius 3 is 2.68 bits per heavy atom. The topological polar surface area (TPSA) is 34.9 Å². The number of Topliss-reactive ketones (excluding diaryl/α,β-unsaturated/α-hetero) is 1. The predicted octanol–water partition coefficient (Wildman–Crippen LogP) is 2.92. The number of benzene rings is 1. The molecule has 1 aromatic heterocycles. The van der Waals surface area contributed by atoms with E-state index in [9.17, 15) is 13.6 Å². The molecule has 0 atom stereocenters. The molecule has 0 aliphatic rings. The maximum absolute atomic E-state index is 13.6. The molecule has 0 radical (unpaired) electrons. The number of ketones is 1. The van der Waals surface area contributed by atoms with E-state index in [0.29, 0.717) is 12.1 Å². The first-order valence-electron chi connectivity index (χ1n) is 6.01. The molecule has 1 aromatic carbocycles. The average Bonchev–Trinajstić information content (AvgIpc) is 2.81. The third-order valence-corrected chi connectivity index (χ3v) is 2.92. The number of halogens is 2. The SMILES string of the molecule is CCn1cc(CC(=O)c2cc(C)c(F)cc2F)cn1. The van der Waals surface area contributed by atoms with Crippen LogP contribution in [0, 0.1) is 18.6 Å². The van der Waals surface area contributed by atoms with Crippen molar-refractivity contribution in [2.24, 2.45) is 0 Å². The number of aromatic nitrogens is 2. The number of carbonyl (C=O) groups is 1. The fourth-order valence-corrected chi connectivity index (χ4v) is 1.82. The summed E-state index contributed by atoms with van der Waals surface area (Å²) in [5.41, 5.74) is 0.894. The lowest BCUT2D eigenvalue weighted by atomic mass is 10.0. The first-order chi connectivity index (χ1) is 9.01. The van der Waals surface area contributed by atoms with Crippen LogP contribution >= 0.6 is 0 Å². The molecule has 5 heteroatoms. The smallest absolute Gasteiger partial charge is 0.170 e. The summed E-state index contributed by atoms with van der Waals surface area (Å²) >= 11 is 0. The Bertz CT molecular complexity index is 620. The summed E-state index contributed by atoms with van der Waals surface area (Å²) in [6.45, 7) is 4.14. The van der Waals surface area contributed by atoms with E-state index in [1.807, 2.05) is 6.92 Å². The van der Waals surface area contributed by atoms with Gasteiger partial charge in [0.05, 0.1) is 11.8 Å². The van der Waals surface area contributed by atoms with Crippen molar-refractivity contribution in [3.63, 3.8) is 0 Å². The van der Waals surface area contributed by atoms with Crippen molar-refractivity contribution in [3.05, 3.63) is 52.9 Å². The van der Waals surface area contributed by atoms with Gasteiger partial charge in [-0.3, -0.25) is 9.48 Å². The highest BCUT2D eigenvalue weighted by Crippen LogP contribution is 2.16. The van der Waals surface area contributed by atoms with Gasteiger partial charge in [-0.2, -0.15) is 5.10 Å². The summed E-state index contributed by atoms with van der Waals surface area (Å²) in [6, 6.07) is 2.00. The molecule has 0 bridgehead atoms. The van der Waals surface area contributed by atoms with E-state index in [2.05, 4.69) is 5.10 Å². The van der Waals surface area contributed by atoms with Gasteiger partial charge in [0.25, 0.3) is 0 Å². The third kappa shape index (κ3) is 2.86. The van der Waals surface area contributed by atoms with E-state index in [4.69, 9.17) is 0 Å². The zero-order valence-corrected chi connectivity index (χ0v) is 10.8. The zero-order valence-electron chi connectivity index (χ0n) is 10.8. The standard InChI is InChI=1S/C14H14F2N2O/c1-3-18-8-10(7-17-18)5-14(19)11-4-9(2)12(15)6-13(11)16/h4,6-8H,3,5H2,1-2H3. The van der Waals surface area contributed by atoms with Crippen molar-refractivity contribution in [2.45, 2.75) is 26.8 Å². The van der Waals surface area contributed by atoms with Crippen LogP contribution in [0.1, 0.15) is 28.4 Å². The number of aryl methyl sites for hydroxylation is 2. The summed E-state index contributed by atoms with van der Waals surface area (Å²) in [4.78, 5) is 12.0. The largest absolute Gasteiger partial charge is 0.294 e. The van der Waals surface area contributed by atoms with Gasteiger partial charge in [0, 0.05) is 25.2 Å². The van der Waals surface area contributed by atoms with Gasteiger partial charge in [-0.1, -0.05) is 0 Å². The maximum Gasteiger partial charge on any atom is 0.170 e. The molecule has 0 amide bonds. The van der Waals surface area contributed by atoms with E-state index in [1.54, 1.807) is 17.1 Å². The minimum atomic E-state index is -0.823. The molecule has 2 rings (SSSR count). The second-order valence-corrected chi connectivity index (χ2v) is 4.39. The van der Waals surface area contributed by atoms with Crippen molar-refractivity contribution < 1.29 is 13.6 Å². The minimum Gasteiger partial charge on any atom is -0.294 e. The molecule has 0 aliphatic carbocycles. The van der Waals surface area contributed by atoms with Crippen LogP contribution < -0.4 is 0 Å². The van der Waals surface area contributed by atoms with Crippen LogP contribution in [0.5, 0.6) is 0 Å². The molecule has 1 heterocycles. The fourth-order valence-electron chi connectivity index (χ4n) is 1.82. The van der Waals surface area contributed by atoms with Crippen LogP contribution in [0.3, 0.4) is 0 Å². The lowest BCUT2D eigenvalue weighted by molar-refractivity contribution is 0.0989. The highest BCUT2D eigenvalue weighted by molar-refractivity contribution is 5.97. The molecular weight excluding hydrogens is 250 g/mol. The molecule has 3 nitrogen and oxygen atoms in total. The predicted molar refractivity (Wildman–Crippen MR) is 67.0 cm³/mol. The highest BCUT2D eigenvalue weighted by atomic mass is 19.1. The van der Waals surface area contributed by atoms with Crippen molar-refractivity contribution in [1.82, 2.24) is 9.78 Å². The molecule has 0 saturated carbocycles. The Labute approximate surface area is 109 Å². The molecule has 0 saturated heterocycles. The van der Waals surface area contributed by atoms with Gasteiger partial charge in [-0.05, 0) is 31.0 Å². The first-order valence-corrected chi connectivity index (χ1v) is 6.01. The number of hydrogen-bond donors (Lipinski definition) is 0. The van der Waals surface area contributed by atoms with Crippen LogP contribution in [-0.2, 0) is 13.0 Å². The van der Waals surface area contributed by atoms with E-state index < -0.39 is 11.6 Å². The molecular formula is C14H14F2N2O. The molecule has 0 spiro atoms. The molecule has 0 aliphatic heterocycles. The Hall–Kier alpha value is -2.04. The van der Waals surface area contributed by atoms with Gasteiger partial charge in [0.1, 0.15) is 11.6 Å². The van der Waals surface area contributed by atoms with Crippen molar-refractivity contribution in [2.75, 3.05) is 0 Å². The lowest BCUT2D eigenvalue weighted by Gasteiger charge is -2.04. The Morgan fingerprint density at radius 1 is 1.32 bits per heavy atom. The van der Waals surface area contributed by atoms with Crippen LogP contribution in [-0.4, -0.2) is 15.6 Å². The molecule has 0 unspecified atom stereocenters. The molecule has 2 aromatic rings. The Kier molecular flexibility index (Phi) is 3.74. The van der Waals surface area contributed by atoms with Gasteiger partial charge in [0.2, 0.25) is 0 Å². The molecule has 100 valence electrons. The number of hydrogen-bond acceptors (Lipinski definition) is 2. The number of rotatable bonds is 4. The fraction of sp³-hybridized carbons (Fsp3) is 0.286.